The summed E-state index contributed by atoms with van der Waals surface area (Å²) in [5.41, 5.74) is 9.03. The highest BCUT2D eigenvalue weighted by molar-refractivity contribution is 5.67. The van der Waals surface area contributed by atoms with Crippen molar-refractivity contribution in [2.75, 3.05) is 0 Å². The molecule has 1 aromatic heterocycles. The Balaban J connectivity index is 2.06. The lowest BCUT2D eigenvalue weighted by atomic mass is 10.00. The van der Waals surface area contributed by atoms with Gasteiger partial charge in [-0.1, -0.05) is 36.4 Å². The maximum atomic E-state index is 2.26. The summed E-state index contributed by atoms with van der Waals surface area (Å²) in [6, 6.07) is 19.6. The first-order valence-corrected chi connectivity index (χ1v) is 7.69. The van der Waals surface area contributed by atoms with Gasteiger partial charge in [0.15, 0.2) is 6.20 Å². The molecule has 0 unspecified atom stereocenters. The van der Waals surface area contributed by atoms with Gasteiger partial charge in [0.1, 0.15) is 7.05 Å². The number of nitrogens with zero attached hydrogens (tertiary/aromatic N) is 1. The predicted molar refractivity (Wildman–Crippen MR) is 92.7 cm³/mol. The summed E-state index contributed by atoms with van der Waals surface area (Å²) in [5.74, 6) is 0. The van der Waals surface area contributed by atoms with E-state index in [9.17, 15) is 0 Å². The highest BCUT2D eigenvalue weighted by atomic mass is 14.9. The average Bonchev–Trinajstić information content (AvgIpc) is 2.51. The van der Waals surface area contributed by atoms with Crippen molar-refractivity contribution in [3.8, 4) is 22.4 Å². The molecule has 1 heterocycles. The lowest BCUT2D eigenvalue weighted by Gasteiger charge is -2.07. The molecule has 0 amide bonds. The molecule has 0 radical (unpaired) electrons. The largest absolute Gasteiger partial charge is 0.212 e. The van der Waals surface area contributed by atoms with Gasteiger partial charge < -0.3 is 0 Å². The Morgan fingerprint density at radius 3 is 2.09 bits per heavy atom. The standard InChI is InChI=1S/C21H22N/c1-15-9-10-18(13-17(15)3)19-11-12-21(22(4)14-19)20-8-6-5-7-16(20)2/h5-14H,1-4H3/q+1. The third-order valence-electron chi connectivity index (χ3n) is 4.39. The van der Waals surface area contributed by atoms with Crippen LogP contribution in [0.15, 0.2) is 60.8 Å². The molecule has 0 aliphatic rings. The molecule has 22 heavy (non-hydrogen) atoms. The molecule has 0 N–H and O–H groups in total. The summed E-state index contributed by atoms with van der Waals surface area (Å²) >= 11 is 0. The molecule has 0 fully saturated rings. The Kier molecular flexibility index (Phi) is 3.81. The second-order valence-electron chi connectivity index (χ2n) is 6.03. The molecule has 0 atom stereocenters. The van der Waals surface area contributed by atoms with Gasteiger partial charge in [-0.25, -0.2) is 4.57 Å². The van der Waals surface area contributed by atoms with E-state index in [0.717, 1.165) is 0 Å². The fraction of sp³-hybridized carbons (Fsp3) is 0.190. The van der Waals surface area contributed by atoms with Gasteiger partial charge in [-0.05, 0) is 55.2 Å². The maximum absolute atomic E-state index is 2.26. The molecule has 0 aliphatic carbocycles. The van der Waals surface area contributed by atoms with Crippen molar-refractivity contribution >= 4 is 0 Å². The topological polar surface area (TPSA) is 3.88 Å². The number of aryl methyl sites for hydroxylation is 4. The SMILES string of the molecule is Cc1ccc(-c2ccc(-c3ccccc3C)[n+](C)c2)cc1C. The predicted octanol–water partition coefficient (Wildman–Crippen LogP) is 4.77. The minimum Gasteiger partial charge on any atom is -0.200 e. The summed E-state index contributed by atoms with van der Waals surface area (Å²) in [6.45, 7) is 6.48. The minimum absolute atomic E-state index is 1.24. The summed E-state index contributed by atoms with van der Waals surface area (Å²) < 4.78 is 2.22. The zero-order valence-electron chi connectivity index (χ0n) is 13.7. The maximum Gasteiger partial charge on any atom is 0.212 e. The Morgan fingerprint density at radius 1 is 0.682 bits per heavy atom. The smallest absolute Gasteiger partial charge is 0.200 e. The molecule has 0 aliphatic heterocycles. The first-order chi connectivity index (χ1) is 10.6. The quantitative estimate of drug-likeness (QED) is 0.598. The van der Waals surface area contributed by atoms with Crippen LogP contribution in [0.2, 0.25) is 0 Å². The van der Waals surface area contributed by atoms with E-state index < -0.39 is 0 Å². The third-order valence-corrected chi connectivity index (χ3v) is 4.39. The molecule has 0 bridgehead atoms. The van der Waals surface area contributed by atoms with E-state index in [0.29, 0.717) is 0 Å². The zero-order valence-corrected chi connectivity index (χ0v) is 13.7. The molecule has 0 spiro atoms. The Hall–Kier alpha value is -2.41. The van der Waals surface area contributed by atoms with Crippen molar-refractivity contribution < 1.29 is 4.57 Å². The highest BCUT2D eigenvalue weighted by Crippen LogP contribution is 2.24. The molecule has 3 rings (SSSR count). The Labute approximate surface area is 132 Å². The lowest BCUT2D eigenvalue weighted by molar-refractivity contribution is -0.659. The van der Waals surface area contributed by atoms with Gasteiger partial charge in [0.2, 0.25) is 5.69 Å². The normalized spacial score (nSPS) is 10.7. The first-order valence-electron chi connectivity index (χ1n) is 7.69. The number of aromatic nitrogens is 1. The number of benzene rings is 2. The molecule has 1 nitrogen and oxygen atoms in total. The molecule has 1 heteroatoms. The molecular weight excluding hydrogens is 266 g/mol. The van der Waals surface area contributed by atoms with Gasteiger partial charge in [0.05, 0.1) is 0 Å². The van der Waals surface area contributed by atoms with Gasteiger partial charge in [0.25, 0.3) is 0 Å². The first kappa shape index (κ1) is 14.5. The van der Waals surface area contributed by atoms with Crippen LogP contribution in [-0.4, -0.2) is 0 Å². The lowest BCUT2D eigenvalue weighted by Crippen LogP contribution is -2.30. The fourth-order valence-electron chi connectivity index (χ4n) is 2.84. The van der Waals surface area contributed by atoms with Crippen LogP contribution in [0.4, 0.5) is 0 Å². The van der Waals surface area contributed by atoms with Gasteiger partial charge >= 0.3 is 0 Å². The molecule has 0 saturated carbocycles. The summed E-state index contributed by atoms with van der Waals surface area (Å²) in [5, 5.41) is 0. The highest BCUT2D eigenvalue weighted by Gasteiger charge is 2.13. The fourth-order valence-corrected chi connectivity index (χ4v) is 2.84. The van der Waals surface area contributed by atoms with E-state index in [4.69, 9.17) is 0 Å². The number of pyridine rings is 1. The van der Waals surface area contributed by atoms with Crippen molar-refractivity contribution in [3.63, 3.8) is 0 Å². The van der Waals surface area contributed by atoms with E-state index >= 15 is 0 Å². The van der Waals surface area contributed by atoms with E-state index in [2.05, 4.69) is 93.2 Å². The summed E-state index contributed by atoms with van der Waals surface area (Å²) in [4.78, 5) is 0. The summed E-state index contributed by atoms with van der Waals surface area (Å²) in [6.07, 6.45) is 2.21. The van der Waals surface area contributed by atoms with Crippen LogP contribution >= 0.6 is 0 Å². The van der Waals surface area contributed by atoms with Crippen LogP contribution in [0.5, 0.6) is 0 Å². The Bertz CT molecular complexity index is 831. The second kappa shape index (κ2) is 5.76. The Morgan fingerprint density at radius 2 is 1.41 bits per heavy atom. The van der Waals surface area contributed by atoms with Gasteiger partial charge in [-0.2, -0.15) is 0 Å². The monoisotopic (exact) mass is 288 g/mol. The van der Waals surface area contributed by atoms with Crippen molar-refractivity contribution in [2.45, 2.75) is 20.8 Å². The number of hydrogen-bond acceptors (Lipinski definition) is 0. The number of hydrogen-bond donors (Lipinski definition) is 0. The molecule has 3 aromatic rings. The van der Waals surface area contributed by atoms with E-state index in [-0.39, 0.29) is 0 Å². The van der Waals surface area contributed by atoms with Crippen LogP contribution < -0.4 is 4.57 Å². The molecule has 0 saturated heterocycles. The van der Waals surface area contributed by atoms with Crippen molar-refractivity contribution in [2.24, 2.45) is 7.05 Å². The van der Waals surface area contributed by atoms with Crippen LogP contribution in [-0.2, 0) is 7.05 Å². The molecular formula is C21H22N+. The van der Waals surface area contributed by atoms with Gasteiger partial charge in [0, 0.05) is 17.2 Å². The van der Waals surface area contributed by atoms with Crippen LogP contribution in [0.3, 0.4) is 0 Å². The minimum atomic E-state index is 1.24. The van der Waals surface area contributed by atoms with E-state index in [1.165, 1.54) is 39.1 Å². The number of rotatable bonds is 2. The van der Waals surface area contributed by atoms with Gasteiger partial charge in [-0.15, -0.1) is 0 Å². The van der Waals surface area contributed by atoms with Crippen molar-refractivity contribution in [1.82, 2.24) is 0 Å². The molecule has 110 valence electrons. The van der Waals surface area contributed by atoms with Crippen molar-refractivity contribution in [3.05, 3.63) is 77.5 Å². The summed E-state index contributed by atoms with van der Waals surface area (Å²) in [7, 11) is 2.12. The third kappa shape index (κ3) is 2.67. The average molecular weight is 288 g/mol. The second-order valence-corrected chi connectivity index (χ2v) is 6.03. The van der Waals surface area contributed by atoms with E-state index in [1.54, 1.807) is 0 Å². The van der Waals surface area contributed by atoms with Crippen LogP contribution in [0.1, 0.15) is 16.7 Å². The van der Waals surface area contributed by atoms with Crippen LogP contribution in [0, 0.1) is 20.8 Å². The molecule has 2 aromatic carbocycles. The van der Waals surface area contributed by atoms with Gasteiger partial charge in [-0.3, -0.25) is 0 Å². The van der Waals surface area contributed by atoms with Crippen LogP contribution in [0.25, 0.3) is 22.4 Å². The zero-order chi connectivity index (χ0) is 15.7. The van der Waals surface area contributed by atoms with Crippen molar-refractivity contribution in [1.29, 1.82) is 0 Å². The van der Waals surface area contributed by atoms with E-state index in [1.807, 2.05) is 0 Å².